The van der Waals surface area contributed by atoms with E-state index >= 15 is 4.79 Å². The van der Waals surface area contributed by atoms with Crippen LogP contribution in [0.15, 0.2) is 36.4 Å². The van der Waals surface area contributed by atoms with Crippen LogP contribution in [0, 0.1) is 16.7 Å². The second-order valence-electron chi connectivity index (χ2n) is 19.0. The zero-order valence-electron chi connectivity index (χ0n) is 36.1. The summed E-state index contributed by atoms with van der Waals surface area (Å²) in [6.45, 7) is 11.4. The number of anilines is 1. The second kappa shape index (κ2) is 14.0. The quantitative estimate of drug-likeness (QED) is 0.232. The Morgan fingerprint density at radius 1 is 0.932 bits per heavy atom. The van der Waals surface area contributed by atoms with Gasteiger partial charge in [0, 0.05) is 84.4 Å². The SMILES string of the molecule is CC[C@]1(O)C[C@@H]2CN(CCc3c([nH]c4ccccc34)[C@@](C(=O)OC)(c3cc4c(cc3OC)N(C)[C@H]3[C@@](C)(C(=O)OC)[C@H](OC(C)=O)[C@]5(CC)CCCN6CC[C@]43[C@@H]65)C2)C1. The molecule has 12 nitrogen and oxygen atoms in total. The van der Waals surface area contributed by atoms with Crippen LogP contribution in [0.25, 0.3) is 10.9 Å². The monoisotopic (exact) mass is 810 g/mol. The summed E-state index contributed by atoms with van der Waals surface area (Å²) >= 11 is 0. The number of carbonyl (C=O) groups excluding carboxylic acids is 3. The van der Waals surface area contributed by atoms with Gasteiger partial charge in [-0.25, -0.2) is 0 Å². The fraction of sp³-hybridized carbons (Fsp3) is 0.638. The lowest BCUT2D eigenvalue weighted by Crippen LogP contribution is -2.78. The third-order valence-corrected chi connectivity index (χ3v) is 16.4. The maximum Gasteiger partial charge on any atom is 0.322 e. The Hall–Kier alpha value is -4.13. The van der Waals surface area contributed by atoms with Crippen LogP contribution in [0.5, 0.6) is 5.75 Å². The number of nitrogens with one attached hydrogen (secondary N) is 1. The van der Waals surface area contributed by atoms with E-state index in [-0.39, 0.29) is 17.9 Å². The van der Waals surface area contributed by atoms with Crippen LogP contribution in [0.1, 0.15) is 95.0 Å². The smallest absolute Gasteiger partial charge is 0.322 e. The number of carbonyl (C=O) groups is 3. The summed E-state index contributed by atoms with van der Waals surface area (Å²) < 4.78 is 24.6. The fourth-order valence-electron chi connectivity index (χ4n) is 14.5. The van der Waals surface area contributed by atoms with Crippen molar-refractivity contribution in [1.82, 2.24) is 14.8 Å². The number of aliphatic hydroxyl groups is 1. The van der Waals surface area contributed by atoms with Crippen molar-refractivity contribution in [2.45, 2.75) is 114 Å². The third-order valence-electron chi connectivity index (χ3n) is 16.4. The molecular formula is C47H62N4O8. The van der Waals surface area contributed by atoms with Gasteiger partial charge in [-0.1, -0.05) is 32.0 Å². The molecule has 10 atom stereocenters. The highest BCUT2D eigenvalue weighted by atomic mass is 16.6. The normalized spacial score (nSPS) is 37.2. The fourth-order valence-corrected chi connectivity index (χ4v) is 14.5. The Balaban J connectivity index is 1.36. The van der Waals surface area contributed by atoms with Gasteiger partial charge >= 0.3 is 17.9 Å². The van der Waals surface area contributed by atoms with Crippen LogP contribution < -0.4 is 9.64 Å². The van der Waals surface area contributed by atoms with Gasteiger partial charge in [-0.2, -0.15) is 0 Å². The summed E-state index contributed by atoms with van der Waals surface area (Å²) in [6, 6.07) is 12.1. The lowest BCUT2D eigenvalue weighted by Gasteiger charge is -2.66. The van der Waals surface area contributed by atoms with E-state index in [4.69, 9.17) is 18.9 Å². The number of rotatable bonds is 7. The van der Waals surface area contributed by atoms with Crippen molar-refractivity contribution in [1.29, 1.82) is 0 Å². The summed E-state index contributed by atoms with van der Waals surface area (Å²) in [7, 11) is 6.61. The number of hydrogen-bond acceptors (Lipinski definition) is 11. The lowest BCUT2D eigenvalue weighted by atomic mass is 9.44. The Morgan fingerprint density at radius 3 is 2.39 bits per heavy atom. The first-order chi connectivity index (χ1) is 28.2. The molecule has 2 N–H and O–H groups in total. The summed E-state index contributed by atoms with van der Waals surface area (Å²) in [5, 5.41) is 13.1. The number of fused-ring (bicyclic) bond motifs is 6. The number of nitrogens with zero attached hydrogens (tertiary/aromatic N) is 3. The number of aromatic nitrogens is 1. The molecule has 318 valence electrons. The Labute approximate surface area is 347 Å². The van der Waals surface area contributed by atoms with Gasteiger partial charge in [0.15, 0.2) is 0 Å². The number of hydrogen-bond donors (Lipinski definition) is 2. The molecule has 1 unspecified atom stereocenters. The molecule has 0 amide bonds. The number of methoxy groups -OCH3 is 3. The zero-order chi connectivity index (χ0) is 41.9. The van der Waals surface area contributed by atoms with Crippen LogP contribution in [0.2, 0.25) is 0 Å². The van der Waals surface area contributed by atoms with Crippen LogP contribution in [-0.4, -0.2) is 123 Å². The molecule has 1 aromatic heterocycles. The van der Waals surface area contributed by atoms with Crippen LogP contribution in [0.4, 0.5) is 5.69 Å². The highest BCUT2D eigenvalue weighted by Crippen LogP contribution is 2.71. The molecule has 6 heterocycles. The number of benzene rings is 2. The van der Waals surface area contributed by atoms with Crippen molar-refractivity contribution in [3.63, 3.8) is 0 Å². The number of aromatic amines is 1. The van der Waals surface area contributed by atoms with Crippen LogP contribution in [0.3, 0.4) is 0 Å². The minimum absolute atomic E-state index is 0.0495. The summed E-state index contributed by atoms with van der Waals surface area (Å²) in [4.78, 5) is 54.2. The van der Waals surface area contributed by atoms with Gasteiger partial charge in [0.05, 0.1) is 33.0 Å². The minimum atomic E-state index is -1.35. The molecule has 1 spiro atoms. The van der Waals surface area contributed by atoms with Gasteiger partial charge < -0.3 is 33.9 Å². The Bertz CT molecular complexity index is 2210. The first-order valence-electron chi connectivity index (χ1n) is 21.8. The molecule has 3 aromatic rings. The molecule has 12 heteroatoms. The van der Waals surface area contributed by atoms with Crippen LogP contribution in [-0.2, 0) is 45.8 Å². The molecule has 4 fully saturated rings. The van der Waals surface area contributed by atoms with Crippen LogP contribution >= 0.6 is 0 Å². The van der Waals surface area contributed by atoms with Crippen molar-refractivity contribution in [3.05, 3.63) is 58.8 Å². The van der Waals surface area contributed by atoms with Crippen molar-refractivity contribution >= 4 is 34.5 Å². The molecule has 0 radical (unpaired) electrons. The largest absolute Gasteiger partial charge is 0.496 e. The van der Waals surface area contributed by atoms with Crippen molar-refractivity contribution < 1.29 is 38.4 Å². The van der Waals surface area contributed by atoms with E-state index in [1.807, 2.05) is 33.0 Å². The lowest BCUT2D eigenvalue weighted by molar-refractivity contribution is -0.217. The first-order valence-corrected chi connectivity index (χ1v) is 21.8. The second-order valence-corrected chi connectivity index (χ2v) is 19.0. The molecule has 2 aromatic carbocycles. The summed E-state index contributed by atoms with van der Waals surface area (Å²) in [5.41, 5.74) is 0.897. The van der Waals surface area contributed by atoms with Gasteiger partial charge in [-0.15, -0.1) is 0 Å². The van der Waals surface area contributed by atoms with Gasteiger partial charge in [-0.05, 0) is 101 Å². The number of ether oxygens (including phenoxy) is 4. The molecule has 1 aliphatic carbocycles. The standard InChI is InChI=1S/C47H62N4O8/c1-9-44(55)24-29-25-47(42(54)58-8,37-31(16-20-50(26-29)27-44)30-14-11-12-15-34(30)48-37)33-22-32-35(23-36(33)56-6)49(5)38-43(4,41(53)57-7)40(59-28(3)52)45(10-2)17-13-19-51-21-18-46(32,38)39(45)51/h11-12,14-15,22-23,29,38-40,48,55H,9-10,13,16-21,24-27H2,1-8H3/t29-,38-,39-,40-,43+,44-,45+,46-,47-/m0/s1. The van der Waals surface area contributed by atoms with Crippen molar-refractivity contribution in [2.24, 2.45) is 16.7 Å². The maximum absolute atomic E-state index is 15.4. The number of likely N-dealkylation sites (N-methyl/N-ethyl adjacent to an activating group) is 1. The van der Waals surface area contributed by atoms with Gasteiger partial charge in [-0.3, -0.25) is 24.2 Å². The predicted octanol–water partition coefficient (Wildman–Crippen LogP) is 5.49. The molecule has 6 aliphatic rings. The molecule has 2 bridgehead atoms. The maximum atomic E-state index is 15.4. The zero-order valence-corrected chi connectivity index (χ0v) is 36.1. The average Bonchev–Trinajstić information content (AvgIpc) is 3.90. The Kier molecular flexibility index (Phi) is 9.53. The highest BCUT2D eigenvalue weighted by Gasteiger charge is 2.79. The average molecular weight is 811 g/mol. The first kappa shape index (κ1) is 40.3. The van der Waals surface area contributed by atoms with E-state index < -0.39 is 51.3 Å². The summed E-state index contributed by atoms with van der Waals surface area (Å²) in [6.07, 6.45) is 4.71. The topological polar surface area (TPSA) is 134 Å². The Morgan fingerprint density at radius 2 is 1.69 bits per heavy atom. The van der Waals surface area contributed by atoms with E-state index in [1.165, 1.54) is 21.1 Å². The molecular weight excluding hydrogens is 749 g/mol. The van der Waals surface area contributed by atoms with Gasteiger partial charge in [0.1, 0.15) is 22.7 Å². The van der Waals surface area contributed by atoms with E-state index in [9.17, 15) is 14.7 Å². The van der Waals surface area contributed by atoms with Crippen molar-refractivity contribution in [3.8, 4) is 5.75 Å². The summed E-state index contributed by atoms with van der Waals surface area (Å²) in [5.74, 6) is -0.685. The molecule has 9 rings (SSSR count). The molecule has 1 saturated carbocycles. The molecule has 3 saturated heterocycles. The predicted molar refractivity (Wildman–Crippen MR) is 224 cm³/mol. The number of esters is 3. The number of H-pyrrole nitrogens is 1. The third kappa shape index (κ3) is 5.27. The van der Waals surface area contributed by atoms with E-state index in [2.05, 4.69) is 50.9 Å². The van der Waals surface area contributed by atoms with Gasteiger partial charge in [0.2, 0.25) is 0 Å². The highest BCUT2D eigenvalue weighted by molar-refractivity contribution is 5.94. The number of piperidine rings is 2. The molecule has 5 aliphatic heterocycles. The minimum Gasteiger partial charge on any atom is -0.496 e. The van der Waals surface area contributed by atoms with E-state index in [1.54, 1.807) is 7.11 Å². The van der Waals surface area contributed by atoms with Crippen molar-refractivity contribution in [2.75, 3.05) is 66.0 Å². The number of para-hydroxylation sites is 1. The van der Waals surface area contributed by atoms with E-state index in [0.29, 0.717) is 44.4 Å². The van der Waals surface area contributed by atoms with E-state index in [0.717, 1.165) is 84.4 Å². The van der Waals surface area contributed by atoms with Gasteiger partial charge in [0.25, 0.3) is 0 Å². The molecule has 59 heavy (non-hydrogen) atoms.